The van der Waals surface area contributed by atoms with E-state index in [2.05, 4.69) is 15.2 Å². The Morgan fingerprint density at radius 2 is 1.86 bits per heavy atom. The van der Waals surface area contributed by atoms with E-state index in [4.69, 9.17) is 4.18 Å². The van der Waals surface area contributed by atoms with Gasteiger partial charge in [-0.25, -0.2) is 4.39 Å². The molecular formula is C14H10FN3O3S. The van der Waals surface area contributed by atoms with E-state index < -0.39 is 15.9 Å². The van der Waals surface area contributed by atoms with Crippen LogP contribution in [-0.4, -0.2) is 23.6 Å². The summed E-state index contributed by atoms with van der Waals surface area (Å²) in [6, 6.07) is 11.0. The van der Waals surface area contributed by atoms with Crippen LogP contribution in [0.4, 0.5) is 4.39 Å². The summed E-state index contributed by atoms with van der Waals surface area (Å²) in [4.78, 5) is 3.95. The quantitative estimate of drug-likeness (QED) is 0.746. The average Bonchev–Trinajstić information content (AvgIpc) is 2.96. The average molecular weight is 319 g/mol. The van der Waals surface area contributed by atoms with Gasteiger partial charge in [-0.3, -0.25) is 10.1 Å². The minimum atomic E-state index is -4.07. The number of rotatable bonds is 4. The topological polar surface area (TPSA) is 84.9 Å². The number of halogens is 1. The molecule has 2 heterocycles. The lowest BCUT2D eigenvalue weighted by molar-refractivity contribution is 0.475. The fourth-order valence-electron chi connectivity index (χ4n) is 1.76. The molecule has 3 aromatic rings. The maximum Gasteiger partial charge on any atom is 0.340 e. The summed E-state index contributed by atoms with van der Waals surface area (Å²) >= 11 is 0. The molecule has 0 bridgehead atoms. The van der Waals surface area contributed by atoms with Gasteiger partial charge in [0.15, 0.2) is 0 Å². The summed E-state index contributed by atoms with van der Waals surface area (Å²) in [7, 11) is -4.07. The number of pyridine rings is 1. The van der Waals surface area contributed by atoms with Gasteiger partial charge in [-0.15, -0.1) is 5.10 Å². The molecule has 0 aliphatic heterocycles. The fourth-order valence-corrected chi connectivity index (χ4v) is 2.64. The van der Waals surface area contributed by atoms with Crippen LogP contribution in [0.5, 0.6) is 5.88 Å². The lowest BCUT2D eigenvalue weighted by atomic mass is 10.3. The molecule has 2 aromatic heterocycles. The summed E-state index contributed by atoms with van der Waals surface area (Å²) in [5.74, 6) is -0.652. The Morgan fingerprint density at radius 1 is 1.09 bits per heavy atom. The van der Waals surface area contributed by atoms with Crippen LogP contribution < -0.4 is 4.18 Å². The van der Waals surface area contributed by atoms with Gasteiger partial charge in [0.25, 0.3) is 5.88 Å². The molecule has 0 aliphatic carbocycles. The van der Waals surface area contributed by atoms with Crippen LogP contribution in [0.25, 0.3) is 11.4 Å². The van der Waals surface area contributed by atoms with E-state index in [1.165, 1.54) is 6.07 Å². The highest BCUT2D eigenvalue weighted by atomic mass is 32.2. The summed E-state index contributed by atoms with van der Waals surface area (Å²) in [6.45, 7) is 0. The number of hydrogen-bond acceptors (Lipinski definition) is 5. The van der Waals surface area contributed by atoms with E-state index in [-0.39, 0.29) is 10.8 Å². The normalized spacial score (nSPS) is 11.3. The third-order valence-corrected chi connectivity index (χ3v) is 4.03. The van der Waals surface area contributed by atoms with Crippen LogP contribution in [-0.2, 0) is 10.1 Å². The predicted molar refractivity (Wildman–Crippen MR) is 76.0 cm³/mol. The summed E-state index contributed by atoms with van der Waals surface area (Å²) < 4.78 is 41.8. The van der Waals surface area contributed by atoms with Crippen molar-refractivity contribution in [1.82, 2.24) is 15.2 Å². The molecule has 0 amide bonds. The predicted octanol–water partition coefficient (Wildman–Crippen LogP) is 2.38. The molecular weight excluding hydrogens is 309 g/mol. The Labute approximate surface area is 125 Å². The third-order valence-electron chi connectivity index (χ3n) is 2.79. The van der Waals surface area contributed by atoms with Crippen molar-refractivity contribution < 1.29 is 17.0 Å². The summed E-state index contributed by atoms with van der Waals surface area (Å²) in [5, 5.41) is 6.42. The largest absolute Gasteiger partial charge is 0.357 e. The molecule has 1 aromatic carbocycles. The molecule has 0 unspecified atom stereocenters. The number of benzene rings is 1. The van der Waals surface area contributed by atoms with Gasteiger partial charge < -0.3 is 4.18 Å². The summed E-state index contributed by atoms with van der Waals surface area (Å²) in [5.41, 5.74) is 1.12. The number of aromatic nitrogens is 3. The van der Waals surface area contributed by atoms with Gasteiger partial charge in [0.1, 0.15) is 10.7 Å². The van der Waals surface area contributed by atoms with E-state index >= 15 is 0 Å². The van der Waals surface area contributed by atoms with E-state index in [1.54, 1.807) is 24.4 Å². The van der Waals surface area contributed by atoms with Crippen molar-refractivity contribution in [2.45, 2.75) is 4.90 Å². The molecule has 0 radical (unpaired) electrons. The van der Waals surface area contributed by atoms with E-state index in [9.17, 15) is 12.8 Å². The van der Waals surface area contributed by atoms with Crippen LogP contribution in [0.1, 0.15) is 0 Å². The zero-order valence-corrected chi connectivity index (χ0v) is 11.9. The molecule has 22 heavy (non-hydrogen) atoms. The lowest BCUT2D eigenvalue weighted by Gasteiger charge is -2.03. The van der Waals surface area contributed by atoms with Gasteiger partial charge in [-0.05, 0) is 36.4 Å². The Hall–Kier alpha value is -2.74. The number of aromatic amines is 1. The maximum atomic E-state index is 12.8. The van der Waals surface area contributed by atoms with Crippen molar-refractivity contribution in [2.24, 2.45) is 0 Å². The highest BCUT2D eigenvalue weighted by Crippen LogP contribution is 2.21. The van der Waals surface area contributed by atoms with Crippen LogP contribution in [0.2, 0.25) is 0 Å². The lowest BCUT2D eigenvalue weighted by Crippen LogP contribution is -2.09. The van der Waals surface area contributed by atoms with Gasteiger partial charge >= 0.3 is 10.1 Å². The second-order valence-electron chi connectivity index (χ2n) is 4.33. The first-order valence-electron chi connectivity index (χ1n) is 6.21. The molecule has 0 fully saturated rings. The van der Waals surface area contributed by atoms with E-state index in [1.807, 2.05) is 0 Å². The Bertz CT molecular complexity index is 877. The van der Waals surface area contributed by atoms with Crippen molar-refractivity contribution in [3.05, 3.63) is 60.5 Å². The first kappa shape index (κ1) is 14.2. The van der Waals surface area contributed by atoms with E-state index in [0.29, 0.717) is 11.4 Å². The van der Waals surface area contributed by atoms with Gasteiger partial charge in [-0.2, -0.15) is 8.42 Å². The molecule has 0 aliphatic rings. The third kappa shape index (κ3) is 2.96. The second-order valence-corrected chi connectivity index (χ2v) is 5.87. The van der Waals surface area contributed by atoms with Gasteiger partial charge in [0, 0.05) is 12.3 Å². The minimum Gasteiger partial charge on any atom is -0.357 e. The zero-order chi connectivity index (χ0) is 15.6. The highest BCUT2D eigenvalue weighted by Gasteiger charge is 2.18. The SMILES string of the molecule is O=S(=O)(Oc1cc(-c2ccccn2)[nH]n1)c1ccc(F)cc1. The minimum absolute atomic E-state index is 0.120. The molecule has 0 saturated heterocycles. The van der Waals surface area contributed by atoms with Crippen molar-refractivity contribution in [3.63, 3.8) is 0 Å². The van der Waals surface area contributed by atoms with E-state index in [0.717, 1.165) is 24.3 Å². The smallest absolute Gasteiger partial charge is 0.340 e. The standard InChI is InChI=1S/C14H10FN3O3S/c15-10-4-6-11(7-5-10)22(19,20)21-14-9-13(17-18-14)12-3-1-2-8-16-12/h1-9H,(H,17,18). The second kappa shape index (κ2) is 5.57. The first-order chi connectivity index (χ1) is 10.5. The maximum absolute atomic E-state index is 12.8. The van der Waals surface area contributed by atoms with Gasteiger partial charge in [0.2, 0.25) is 0 Å². The highest BCUT2D eigenvalue weighted by molar-refractivity contribution is 7.87. The molecule has 0 saturated carbocycles. The monoisotopic (exact) mass is 319 g/mol. The van der Waals surface area contributed by atoms with Crippen LogP contribution in [0, 0.1) is 5.82 Å². The fraction of sp³-hybridized carbons (Fsp3) is 0. The van der Waals surface area contributed by atoms with Crippen molar-refractivity contribution in [2.75, 3.05) is 0 Å². The Balaban J connectivity index is 1.84. The number of hydrogen-bond donors (Lipinski definition) is 1. The van der Waals surface area contributed by atoms with Crippen molar-refractivity contribution in [1.29, 1.82) is 0 Å². The molecule has 0 atom stereocenters. The molecule has 3 rings (SSSR count). The van der Waals surface area contributed by atoms with Crippen LogP contribution in [0.15, 0.2) is 59.6 Å². The molecule has 112 valence electrons. The molecule has 1 N–H and O–H groups in total. The Morgan fingerprint density at radius 3 is 2.55 bits per heavy atom. The molecule has 8 heteroatoms. The van der Waals surface area contributed by atoms with Gasteiger partial charge in [-0.1, -0.05) is 6.07 Å². The molecule has 0 spiro atoms. The Kier molecular flexibility index (Phi) is 3.60. The van der Waals surface area contributed by atoms with Crippen molar-refractivity contribution >= 4 is 10.1 Å². The molecule has 6 nitrogen and oxygen atoms in total. The summed E-state index contributed by atoms with van der Waals surface area (Å²) in [6.07, 6.45) is 1.60. The number of nitrogens with one attached hydrogen (secondary N) is 1. The van der Waals surface area contributed by atoms with Crippen LogP contribution in [0.3, 0.4) is 0 Å². The van der Waals surface area contributed by atoms with Crippen LogP contribution >= 0.6 is 0 Å². The van der Waals surface area contributed by atoms with Crippen molar-refractivity contribution in [3.8, 4) is 17.3 Å². The van der Waals surface area contributed by atoms with Gasteiger partial charge in [0.05, 0.1) is 11.4 Å². The number of nitrogens with zero attached hydrogens (tertiary/aromatic N) is 2. The number of H-pyrrole nitrogens is 1. The zero-order valence-electron chi connectivity index (χ0n) is 11.1. The first-order valence-corrected chi connectivity index (χ1v) is 7.62.